The number of hydrogen-bond acceptors (Lipinski definition) is 3. The molecule has 3 rings (SSSR count). The SMILES string of the molecule is CC(NC(=O)CSc1nc2ccccc2[nH]1)c1cccc(Cl)c1. The first kappa shape index (κ1) is 15.9. The van der Waals surface area contributed by atoms with Crippen LogP contribution in [0.1, 0.15) is 18.5 Å². The highest BCUT2D eigenvalue weighted by Gasteiger charge is 2.11. The quantitative estimate of drug-likeness (QED) is 0.682. The zero-order valence-corrected chi connectivity index (χ0v) is 14.1. The molecule has 0 saturated carbocycles. The number of aromatic nitrogens is 2. The van der Waals surface area contributed by atoms with Crippen molar-refractivity contribution in [2.75, 3.05) is 5.75 Å². The molecule has 2 aromatic carbocycles. The topological polar surface area (TPSA) is 57.8 Å². The van der Waals surface area contributed by atoms with Gasteiger partial charge in [-0.3, -0.25) is 4.79 Å². The van der Waals surface area contributed by atoms with Crippen LogP contribution in [0.2, 0.25) is 5.02 Å². The molecule has 3 aromatic rings. The number of halogens is 1. The molecule has 1 atom stereocenters. The first-order chi connectivity index (χ1) is 11.1. The molecule has 0 aliphatic heterocycles. The Morgan fingerprint density at radius 3 is 2.91 bits per heavy atom. The molecule has 0 saturated heterocycles. The fraction of sp³-hybridized carbons (Fsp3) is 0.176. The Labute approximate surface area is 143 Å². The summed E-state index contributed by atoms with van der Waals surface area (Å²) < 4.78 is 0. The van der Waals surface area contributed by atoms with E-state index < -0.39 is 0 Å². The highest BCUT2D eigenvalue weighted by Crippen LogP contribution is 2.20. The van der Waals surface area contributed by atoms with E-state index in [1.54, 1.807) is 0 Å². The minimum absolute atomic E-state index is 0.0390. The zero-order chi connectivity index (χ0) is 16.2. The normalized spacial score (nSPS) is 12.3. The predicted molar refractivity (Wildman–Crippen MR) is 94.8 cm³/mol. The van der Waals surface area contributed by atoms with Gasteiger partial charge < -0.3 is 10.3 Å². The van der Waals surface area contributed by atoms with E-state index in [9.17, 15) is 4.79 Å². The van der Waals surface area contributed by atoms with Crippen LogP contribution in [-0.2, 0) is 4.79 Å². The Hall–Kier alpha value is -1.98. The van der Waals surface area contributed by atoms with Gasteiger partial charge in [0.05, 0.1) is 22.8 Å². The number of nitrogens with zero attached hydrogens (tertiary/aromatic N) is 1. The second-order valence-corrected chi connectivity index (χ2v) is 6.59. The molecule has 1 heterocycles. The van der Waals surface area contributed by atoms with E-state index in [4.69, 9.17) is 11.6 Å². The van der Waals surface area contributed by atoms with Crippen LogP contribution in [0.5, 0.6) is 0 Å². The number of fused-ring (bicyclic) bond motifs is 1. The molecule has 0 bridgehead atoms. The number of rotatable bonds is 5. The third-order valence-corrected chi connectivity index (χ3v) is 4.54. The van der Waals surface area contributed by atoms with Crippen molar-refractivity contribution < 1.29 is 4.79 Å². The standard InChI is InChI=1S/C17H16ClN3OS/c1-11(12-5-4-6-13(18)9-12)19-16(22)10-23-17-20-14-7-2-3-8-15(14)21-17/h2-9,11H,10H2,1H3,(H,19,22)(H,20,21). The van der Waals surface area contributed by atoms with Crippen LogP contribution in [-0.4, -0.2) is 21.6 Å². The van der Waals surface area contributed by atoms with E-state index in [0.29, 0.717) is 10.8 Å². The molecule has 1 aromatic heterocycles. The molecule has 0 fully saturated rings. The first-order valence-electron chi connectivity index (χ1n) is 7.24. The van der Waals surface area contributed by atoms with Crippen molar-refractivity contribution in [3.8, 4) is 0 Å². The maximum Gasteiger partial charge on any atom is 0.230 e. The molecular weight excluding hydrogens is 330 g/mol. The number of H-pyrrole nitrogens is 1. The summed E-state index contributed by atoms with van der Waals surface area (Å²) in [5.74, 6) is 0.271. The number of nitrogens with one attached hydrogen (secondary N) is 2. The van der Waals surface area contributed by atoms with Crippen molar-refractivity contribution in [2.24, 2.45) is 0 Å². The number of amides is 1. The highest BCUT2D eigenvalue weighted by molar-refractivity contribution is 7.99. The van der Waals surface area contributed by atoms with E-state index in [1.165, 1.54) is 11.8 Å². The highest BCUT2D eigenvalue weighted by atomic mass is 35.5. The van der Waals surface area contributed by atoms with Gasteiger partial charge in [0.1, 0.15) is 0 Å². The van der Waals surface area contributed by atoms with Crippen molar-refractivity contribution in [3.63, 3.8) is 0 Å². The summed E-state index contributed by atoms with van der Waals surface area (Å²) in [4.78, 5) is 19.7. The van der Waals surface area contributed by atoms with Crippen molar-refractivity contribution >= 4 is 40.3 Å². The van der Waals surface area contributed by atoms with Gasteiger partial charge in [0.15, 0.2) is 5.16 Å². The zero-order valence-electron chi connectivity index (χ0n) is 12.5. The summed E-state index contributed by atoms with van der Waals surface area (Å²) in [7, 11) is 0. The molecule has 0 aliphatic rings. The van der Waals surface area contributed by atoms with Crippen LogP contribution in [0.4, 0.5) is 0 Å². The van der Waals surface area contributed by atoms with Crippen LogP contribution in [0.15, 0.2) is 53.7 Å². The lowest BCUT2D eigenvalue weighted by Gasteiger charge is -2.14. The van der Waals surface area contributed by atoms with Gasteiger partial charge in [0.2, 0.25) is 5.91 Å². The van der Waals surface area contributed by atoms with Crippen molar-refractivity contribution in [1.29, 1.82) is 0 Å². The van der Waals surface area contributed by atoms with Gasteiger partial charge in [-0.15, -0.1) is 0 Å². The van der Waals surface area contributed by atoms with Crippen LogP contribution < -0.4 is 5.32 Å². The lowest BCUT2D eigenvalue weighted by molar-refractivity contribution is -0.119. The number of benzene rings is 2. The van der Waals surface area contributed by atoms with Gasteiger partial charge in [-0.1, -0.05) is 47.6 Å². The van der Waals surface area contributed by atoms with Crippen molar-refractivity contribution in [1.82, 2.24) is 15.3 Å². The van der Waals surface area contributed by atoms with Crippen LogP contribution >= 0.6 is 23.4 Å². The molecule has 23 heavy (non-hydrogen) atoms. The summed E-state index contributed by atoms with van der Waals surface area (Å²) in [5, 5.41) is 4.38. The minimum Gasteiger partial charge on any atom is -0.349 e. The summed E-state index contributed by atoms with van der Waals surface area (Å²) in [5.41, 5.74) is 2.87. The lowest BCUT2D eigenvalue weighted by atomic mass is 10.1. The maximum atomic E-state index is 12.1. The summed E-state index contributed by atoms with van der Waals surface area (Å²) in [6.07, 6.45) is 0. The smallest absolute Gasteiger partial charge is 0.230 e. The van der Waals surface area contributed by atoms with Crippen LogP contribution in [0.25, 0.3) is 11.0 Å². The number of aromatic amines is 1. The number of hydrogen-bond donors (Lipinski definition) is 2. The molecule has 0 aliphatic carbocycles. The number of carbonyl (C=O) groups is 1. The molecule has 0 radical (unpaired) electrons. The number of thioether (sulfide) groups is 1. The monoisotopic (exact) mass is 345 g/mol. The van der Waals surface area contributed by atoms with Gasteiger partial charge in [0, 0.05) is 5.02 Å². The summed E-state index contributed by atoms with van der Waals surface area (Å²) >= 11 is 7.37. The first-order valence-corrected chi connectivity index (χ1v) is 8.60. The number of para-hydroxylation sites is 2. The molecular formula is C17H16ClN3OS. The molecule has 118 valence electrons. The van der Waals surface area contributed by atoms with Crippen LogP contribution in [0, 0.1) is 0 Å². The van der Waals surface area contributed by atoms with Gasteiger partial charge >= 0.3 is 0 Å². The van der Waals surface area contributed by atoms with Gasteiger partial charge in [-0.2, -0.15) is 0 Å². The summed E-state index contributed by atoms with van der Waals surface area (Å²) in [6.45, 7) is 1.94. The molecule has 2 N–H and O–H groups in total. The fourth-order valence-electron chi connectivity index (χ4n) is 2.27. The largest absolute Gasteiger partial charge is 0.349 e. The lowest BCUT2D eigenvalue weighted by Crippen LogP contribution is -2.28. The third kappa shape index (κ3) is 4.06. The fourth-order valence-corrected chi connectivity index (χ4v) is 3.17. The number of imidazole rings is 1. The minimum atomic E-state index is -0.0857. The Bertz CT molecular complexity index is 800. The average molecular weight is 346 g/mol. The third-order valence-electron chi connectivity index (χ3n) is 3.43. The van der Waals surface area contributed by atoms with Gasteiger partial charge in [-0.25, -0.2) is 4.98 Å². The average Bonchev–Trinajstić information content (AvgIpc) is 2.96. The second-order valence-electron chi connectivity index (χ2n) is 5.19. The molecule has 4 nitrogen and oxygen atoms in total. The predicted octanol–water partition coefficient (Wildman–Crippen LogP) is 4.19. The van der Waals surface area contributed by atoms with Crippen molar-refractivity contribution in [2.45, 2.75) is 18.1 Å². The van der Waals surface area contributed by atoms with Crippen molar-refractivity contribution in [3.05, 3.63) is 59.1 Å². The second kappa shape index (κ2) is 7.06. The Balaban J connectivity index is 1.57. The summed E-state index contributed by atoms with van der Waals surface area (Å²) in [6, 6.07) is 15.2. The Morgan fingerprint density at radius 1 is 1.30 bits per heavy atom. The van der Waals surface area contributed by atoms with E-state index in [1.807, 2.05) is 55.5 Å². The van der Waals surface area contributed by atoms with E-state index >= 15 is 0 Å². The molecule has 1 amide bonds. The van der Waals surface area contributed by atoms with E-state index in [-0.39, 0.29) is 11.9 Å². The van der Waals surface area contributed by atoms with Gasteiger partial charge in [0.25, 0.3) is 0 Å². The van der Waals surface area contributed by atoms with Crippen LogP contribution in [0.3, 0.4) is 0 Å². The number of carbonyl (C=O) groups excluding carboxylic acids is 1. The molecule has 6 heteroatoms. The van der Waals surface area contributed by atoms with E-state index in [0.717, 1.165) is 21.8 Å². The maximum absolute atomic E-state index is 12.1. The van der Waals surface area contributed by atoms with Gasteiger partial charge in [-0.05, 0) is 36.8 Å². The van der Waals surface area contributed by atoms with E-state index in [2.05, 4.69) is 15.3 Å². The Kier molecular flexibility index (Phi) is 4.88. The Morgan fingerprint density at radius 2 is 2.13 bits per heavy atom. The molecule has 1 unspecified atom stereocenters. The molecule has 0 spiro atoms.